The van der Waals surface area contributed by atoms with Gasteiger partial charge in [-0.05, 0) is 68.9 Å². The van der Waals surface area contributed by atoms with Crippen LogP contribution in [0.5, 0.6) is 0 Å². The number of halogens is 1. The van der Waals surface area contributed by atoms with Crippen molar-refractivity contribution in [1.29, 1.82) is 0 Å². The molecular weight excluding hydrogens is 697 g/mol. The van der Waals surface area contributed by atoms with Gasteiger partial charge in [-0.3, -0.25) is 9.59 Å². The smallest absolute Gasteiger partial charge is 0.408 e. The number of hydrogen-bond donors (Lipinski definition) is 3. The van der Waals surface area contributed by atoms with Crippen molar-refractivity contribution in [1.82, 2.24) is 10.6 Å². The highest BCUT2D eigenvalue weighted by atomic mass is 127. The number of unbranched alkanes of at least 4 members (excludes halogenated alkanes) is 1. The third kappa shape index (κ3) is 14.0. The van der Waals surface area contributed by atoms with Gasteiger partial charge in [0.2, 0.25) is 5.91 Å². The minimum absolute atomic E-state index is 0.0671. The summed E-state index contributed by atoms with van der Waals surface area (Å²) in [6.07, 6.45) is 0.572. The van der Waals surface area contributed by atoms with Crippen LogP contribution >= 0.6 is 22.6 Å². The lowest BCUT2D eigenvalue weighted by atomic mass is 9.90. The third-order valence-electron chi connectivity index (χ3n) is 7.02. The first-order chi connectivity index (χ1) is 22.0. The van der Waals surface area contributed by atoms with E-state index >= 15 is 0 Å². The van der Waals surface area contributed by atoms with Crippen LogP contribution in [-0.4, -0.2) is 42.1 Å². The molecule has 0 radical (unpaired) electrons. The maximum Gasteiger partial charge on any atom is 0.408 e. The molecule has 3 N–H and O–H groups in total. The SMILES string of the molecule is CC(C)(C)OC(=O)NCCCCC(CC(=O)C(Cc1ccccc1)NC(=O)OCc1ccccc1)C(=O)Nc1ccc(CI)cc1. The molecule has 3 aromatic rings. The first-order valence-electron chi connectivity index (χ1n) is 15.5. The number of ketones is 1. The fraction of sp³-hybridized carbons (Fsp3) is 0.389. The highest BCUT2D eigenvalue weighted by molar-refractivity contribution is 14.1. The van der Waals surface area contributed by atoms with Gasteiger partial charge in [-0.15, -0.1) is 0 Å². The van der Waals surface area contributed by atoms with Gasteiger partial charge in [-0.2, -0.15) is 0 Å². The standard InChI is InChI=1S/C36H44IN3O6/c1-36(2,3)46-34(43)38-21-11-10-16-29(33(42)39-30-19-17-27(24-37)18-20-30)23-32(41)31(22-26-12-6-4-7-13-26)40-35(44)45-25-28-14-8-5-9-15-28/h4-9,12-15,17-20,29,31H,10-11,16,21-25H2,1-3H3,(H,38,43)(H,39,42)(H,40,44). The minimum Gasteiger partial charge on any atom is -0.445 e. The maximum atomic E-state index is 13.8. The van der Waals surface area contributed by atoms with Crippen molar-refractivity contribution in [2.45, 2.75) is 75.6 Å². The summed E-state index contributed by atoms with van der Waals surface area (Å²) in [7, 11) is 0. The summed E-state index contributed by atoms with van der Waals surface area (Å²) >= 11 is 2.28. The monoisotopic (exact) mass is 741 g/mol. The van der Waals surface area contributed by atoms with Gasteiger partial charge in [0.05, 0.1) is 6.04 Å². The van der Waals surface area contributed by atoms with Crippen LogP contribution in [0.25, 0.3) is 0 Å². The van der Waals surface area contributed by atoms with Crippen LogP contribution in [0.4, 0.5) is 15.3 Å². The summed E-state index contributed by atoms with van der Waals surface area (Å²) in [5.41, 5.74) is 2.88. The van der Waals surface area contributed by atoms with Crippen LogP contribution in [-0.2, 0) is 36.5 Å². The number of ether oxygens (including phenoxy) is 2. The van der Waals surface area contributed by atoms with Gasteiger partial charge in [0.1, 0.15) is 12.2 Å². The van der Waals surface area contributed by atoms with Crippen LogP contribution < -0.4 is 16.0 Å². The summed E-state index contributed by atoms with van der Waals surface area (Å²) in [6.45, 7) is 5.83. The van der Waals surface area contributed by atoms with E-state index in [-0.39, 0.29) is 31.1 Å². The fourth-order valence-corrected chi connectivity index (χ4v) is 5.16. The lowest BCUT2D eigenvalue weighted by Gasteiger charge is -2.22. The summed E-state index contributed by atoms with van der Waals surface area (Å²) in [5, 5.41) is 8.43. The molecule has 0 fully saturated rings. The van der Waals surface area contributed by atoms with Crippen LogP contribution in [0.1, 0.15) is 63.1 Å². The third-order valence-corrected chi connectivity index (χ3v) is 7.90. The number of carbonyl (C=O) groups is 4. The zero-order valence-corrected chi connectivity index (χ0v) is 28.9. The number of rotatable bonds is 16. The van der Waals surface area contributed by atoms with Gasteiger partial charge in [-0.25, -0.2) is 9.59 Å². The van der Waals surface area contributed by atoms with Crippen LogP contribution in [0.2, 0.25) is 0 Å². The van der Waals surface area contributed by atoms with Crippen molar-refractivity contribution in [3.63, 3.8) is 0 Å². The summed E-state index contributed by atoms with van der Waals surface area (Å²) in [5.74, 6) is -1.20. The molecule has 10 heteroatoms. The second-order valence-corrected chi connectivity index (χ2v) is 12.8. The molecule has 2 atom stereocenters. The molecule has 0 aliphatic carbocycles. The van der Waals surface area contributed by atoms with E-state index < -0.39 is 29.7 Å². The molecule has 46 heavy (non-hydrogen) atoms. The Bertz CT molecular complexity index is 1390. The van der Waals surface area contributed by atoms with E-state index in [0.29, 0.717) is 31.5 Å². The van der Waals surface area contributed by atoms with E-state index in [1.54, 1.807) is 20.8 Å². The summed E-state index contributed by atoms with van der Waals surface area (Å²) in [6, 6.07) is 25.4. The number of alkyl halides is 1. The average molecular weight is 742 g/mol. The van der Waals surface area contributed by atoms with Gasteiger partial charge in [-0.1, -0.05) is 102 Å². The Hall–Kier alpha value is -3.93. The molecule has 3 amide bonds. The number of alkyl carbamates (subject to hydrolysis) is 2. The second kappa shape index (κ2) is 18.9. The zero-order valence-electron chi connectivity index (χ0n) is 26.7. The largest absolute Gasteiger partial charge is 0.445 e. The Morgan fingerprint density at radius 3 is 2.02 bits per heavy atom. The molecule has 0 aromatic heterocycles. The number of carbonyl (C=O) groups excluding carboxylic acids is 4. The molecule has 0 bridgehead atoms. The van der Waals surface area contributed by atoms with Crippen LogP contribution in [0.3, 0.4) is 0 Å². The Kier molecular flexibility index (Phi) is 15.0. The molecule has 246 valence electrons. The van der Waals surface area contributed by atoms with Gasteiger partial charge in [0.25, 0.3) is 0 Å². The Labute approximate surface area is 285 Å². The fourth-order valence-electron chi connectivity index (χ4n) is 4.66. The Balaban J connectivity index is 1.69. The van der Waals surface area contributed by atoms with Crippen molar-refractivity contribution in [3.05, 3.63) is 102 Å². The normalized spacial score (nSPS) is 12.3. The van der Waals surface area contributed by atoms with E-state index in [1.165, 1.54) is 0 Å². The topological polar surface area (TPSA) is 123 Å². The predicted octanol–water partition coefficient (Wildman–Crippen LogP) is 7.37. The van der Waals surface area contributed by atoms with Gasteiger partial charge < -0.3 is 25.4 Å². The molecule has 0 heterocycles. The van der Waals surface area contributed by atoms with Crippen LogP contribution in [0.15, 0.2) is 84.9 Å². The number of benzene rings is 3. The summed E-state index contributed by atoms with van der Waals surface area (Å²) in [4.78, 5) is 52.1. The minimum atomic E-state index is -0.891. The molecule has 3 rings (SSSR count). The average Bonchev–Trinajstić information content (AvgIpc) is 3.03. The number of amides is 3. The first-order valence-corrected chi connectivity index (χ1v) is 17.0. The number of Topliss-reactive ketones (excluding diaryl/α,β-unsaturated/α-hetero) is 1. The molecule has 0 spiro atoms. The van der Waals surface area contributed by atoms with Crippen molar-refractivity contribution >= 4 is 52.2 Å². The number of anilines is 1. The maximum absolute atomic E-state index is 13.8. The Morgan fingerprint density at radius 2 is 1.41 bits per heavy atom. The molecule has 0 aliphatic heterocycles. The van der Waals surface area contributed by atoms with Crippen molar-refractivity contribution in [3.8, 4) is 0 Å². The molecule has 0 saturated carbocycles. The molecule has 9 nitrogen and oxygen atoms in total. The van der Waals surface area contributed by atoms with Crippen molar-refractivity contribution in [2.75, 3.05) is 11.9 Å². The first kappa shape index (κ1) is 36.5. The van der Waals surface area contributed by atoms with E-state index in [1.807, 2.05) is 84.9 Å². The zero-order chi connectivity index (χ0) is 33.4. The van der Waals surface area contributed by atoms with Crippen LogP contribution in [0, 0.1) is 5.92 Å². The lowest BCUT2D eigenvalue weighted by Crippen LogP contribution is -2.44. The van der Waals surface area contributed by atoms with E-state index in [4.69, 9.17) is 9.47 Å². The second-order valence-electron chi connectivity index (χ2n) is 12.1. The van der Waals surface area contributed by atoms with Gasteiger partial charge in [0, 0.05) is 29.0 Å². The highest BCUT2D eigenvalue weighted by Crippen LogP contribution is 2.20. The quantitative estimate of drug-likeness (QED) is 0.0801. The highest BCUT2D eigenvalue weighted by Gasteiger charge is 2.28. The Morgan fingerprint density at radius 1 is 0.783 bits per heavy atom. The molecule has 3 aromatic carbocycles. The van der Waals surface area contributed by atoms with E-state index in [0.717, 1.165) is 21.1 Å². The summed E-state index contributed by atoms with van der Waals surface area (Å²) < 4.78 is 11.5. The molecule has 0 aliphatic rings. The van der Waals surface area contributed by atoms with Crippen molar-refractivity contribution < 1.29 is 28.7 Å². The molecule has 0 saturated heterocycles. The lowest BCUT2D eigenvalue weighted by molar-refractivity contribution is -0.127. The number of hydrogen-bond acceptors (Lipinski definition) is 6. The molecular formula is C36H44IN3O6. The van der Waals surface area contributed by atoms with E-state index in [9.17, 15) is 19.2 Å². The van der Waals surface area contributed by atoms with Gasteiger partial charge in [0.15, 0.2) is 5.78 Å². The molecule has 2 unspecified atom stereocenters. The number of nitrogens with one attached hydrogen (secondary N) is 3. The van der Waals surface area contributed by atoms with Gasteiger partial charge >= 0.3 is 12.2 Å². The van der Waals surface area contributed by atoms with E-state index in [2.05, 4.69) is 38.5 Å². The van der Waals surface area contributed by atoms with Crippen molar-refractivity contribution in [2.24, 2.45) is 5.92 Å². The predicted molar refractivity (Wildman–Crippen MR) is 188 cm³/mol.